The molecule has 1 fully saturated rings. The summed E-state index contributed by atoms with van der Waals surface area (Å²) in [5.74, 6) is -1.33. The predicted molar refractivity (Wildman–Crippen MR) is 78.8 cm³/mol. The van der Waals surface area contributed by atoms with Gasteiger partial charge < -0.3 is 9.47 Å². The van der Waals surface area contributed by atoms with Crippen LogP contribution in [0.2, 0.25) is 0 Å². The molecule has 0 bridgehead atoms. The number of carbonyl (C=O) groups excluding carboxylic acids is 2. The van der Waals surface area contributed by atoms with E-state index in [4.69, 9.17) is 4.74 Å². The summed E-state index contributed by atoms with van der Waals surface area (Å²) in [6.07, 6.45) is 3.13. The number of hydrogen-bond donors (Lipinski definition) is 0. The second-order valence-corrected chi connectivity index (χ2v) is 7.42. The highest BCUT2D eigenvalue weighted by atomic mass is 32.1. The van der Waals surface area contributed by atoms with Gasteiger partial charge >= 0.3 is 11.9 Å². The zero-order chi connectivity index (χ0) is 15.6. The van der Waals surface area contributed by atoms with E-state index in [0.29, 0.717) is 12.8 Å². The van der Waals surface area contributed by atoms with Crippen molar-refractivity contribution >= 4 is 23.3 Å². The monoisotopic (exact) mass is 311 g/mol. The number of hydrogen-bond acceptors (Lipinski definition) is 6. The van der Waals surface area contributed by atoms with Crippen molar-refractivity contribution in [3.63, 3.8) is 0 Å². The molecule has 21 heavy (non-hydrogen) atoms. The van der Waals surface area contributed by atoms with E-state index in [0.717, 1.165) is 9.88 Å². The lowest BCUT2D eigenvalue weighted by molar-refractivity contribution is -0.166. The van der Waals surface area contributed by atoms with Gasteiger partial charge in [0.1, 0.15) is 6.61 Å². The third kappa shape index (κ3) is 3.61. The SMILES string of the molecule is COC(=O)[C@@H]1CC[C@@H]1C(=O)OCc1cnc(C(C)(C)C)s1. The minimum atomic E-state index is -0.354. The lowest BCUT2D eigenvalue weighted by atomic mass is 9.74. The normalized spacial score (nSPS) is 21.5. The van der Waals surface area contributed by atoms with E-state index in [1.807, 2.05) is 0 Å². The zero-order valence-electron chi connectivity index (χ0n) is 12.8. The van der Waals surface area contributed by atoms with Gasteiger partial charge in [-0.05, 0) is 12.8 Å². The molecule has 2 atom stereocenters. The molecule has 0 saturated heterocycles. The van der Waals surface area contributed by atoms with Gasteiger partial charge in [-0.2, -0.15) is 0 Å². The van der Waals surface area contributed by atoms with Gasteiger partial charge in [0.05, 0.1) is 28.8 Å². The molecule has 1 aromatic heterocycles. The number of rotatable bonds is 4. The molecule has 116 valence electrons. The number of aromatic nitrogens is 1. The van der Waals surface area contributed by atoms with E-state index in [-0.39, 0.29) is 35.8 Å². The molecule has 0 aliphatic heterocycles. The standard InChI is InChI=1S/C15H21NO4S/c1-15(2,3)14-16-7-9(21-14)8-20-13(18)11-6-5-10(11)12(17)19-4/h7,10-11H,5-6,8H2,1-4H3/t10-,11+/m1/s1. The average Bonchev–Trinajstić information content (AvgIpc) is 2.83. The summed E-state index contributed by atoms with van der Waals surface area (Å²) in [5, 5.41) is 1.02. The Balaban J connectivity index is 1.87. The lowest BCUT2D eigenvalue weighted by Gasteiger charge is -2.32. The Morgan fingerprint density at radius 2 is 1.90 bits per heavy atom. The number of carbonyl (C=O) groups is 2. The molecule has 6 heteroatoms. The van der Waals surface area contributed by atoms with Crippen LogP contribution in [-0.2, 0) is 31.1 Å². The quantitative estimate of drug-likeness (QED) is 0.800. The first-order valence-electron chi connectivity index (χ1n) is 7.02. The van der Waals surface area contributed by atoms with Gasteiger partial charge in [-0.15, -0.1) is 11.3 Å². The predicted octanol–water partition coefficient (Wildman–Crippen LogP) is 2.68. The maximum atomic E-state index is 12.0. The maximum absolute atomic E-state index is 12.0. The van der Waals surface area contributed by atoms with Gasteiger partial charge in [0.25, 0.3) is 0 Å². The van der Waals surface area contributed by atoms with Gasteiger partial charge in [-0.3, -0.25) is 9.59 Å². The second kappa shape index (κ2) is 6.13. The Labute approximate surface area is 128 Å². The van der Waals surface area contributed by atoms with Gasteiger partial charge in [0.2, 0.25) is 0 Å². The Bertz CT molecular complexity index is 532. The Morgan fingerprint density at radius 3 is 2.38 bits per heavy atom. The molecule has 0 amide bonds. The first-order chi connectivity index (χ1) is 9.82. The fourth-order valence-electron chi connectivity index (χ4n) is 2.19. The number of ether oxygens (including phenoxy) is 2. The minimum Gasteiger partial charge on any atom is -0.469 e. The number of methoxy groups -OCH3 is 1. The van der Waals surface area contributed by atoms with E-state index >= 15 is 0 Å². The van der Waals surface area contributed by atoms with Crippen molar-refractivity contribution in [3.8, 4) is 0 Å². The molecule has 0 spiro atoms. The lowest BCUT2D eigenvalue weighted by Crippen LogP contribution is -2.39. The van der Waals surface area contributed by atoms with Crippen molar-refractivity contribution in [2.24, 2.45) is 11.8 Å². The summed E-state index contributed by atoms with van der Waals surface area (Å²) in [7, 11) is 1.34. The third-order valence-corrected chi connectivity index (χ3v) is 5.03. The highest BCUT2D eigenvalue weighted by Gasteiger charge is 2.43. The smallest absolute Gasteiger partial charge is 0.310 e. The second-order valence-electron chi connectivity index (χ2n) is 6.30. The van der Waals surface area contributed by atoms with Gasteiger partial charge in [-0.25, -0.2) is 4.98 Å². The van der Waals surface area contributed by atoms with Crippen molar-refractivity contribution in [3.05, 3.63) is 16.1 Å². The summed E-state index contributed by atoms with van der Waals surface area (Å²) >= 11 is 1.55. The van der Waals surface area contributed by atoms with Crippen LogP contribution in [0, 0.1) is 11.8 Å². The van der Waals surface area contributed by atoms with Crippen LogP contribution in [0.4, 0.5) is 0 Å². The molecule has 2 rings (SSSR count). The van der Waals surface area contributed by atoms with Crippen molar-refractivity contribution in [2.75, 3.05) is 7.11 Å². The molecular weight excluding hydrogens is 290 g/mol. The van der Waals surface area contributed by atoms with Crippen LogP contribution >= 0.6 is 11.3 Å². The van der Waals surface area contributed by atoms with E-state index in [1.54, 1.807) is 17.5 Å². The number of esters is 2. The summed E-state index contributed by atoms with van der Waals surface area (Å²) in [6.45, 7) is 6.50. The number of thiazole rings is 1. The third-order valence-electron chi connectivity index (χ3n) is 3.63. The van der Waals surface area contributed by atoms with Crippen LogP contribution < -0.4 is 0 Å². The molecule has 1 aliphatic carbocycles. The fourth-order valence-corrected chi connectivity index (χ4v) is 3.07. The van der Waals surface area contributed by atoms with Crippen LogP contribution in [0.15, 0.2) is 6.20 Å². The molecule has 0 unspecified atom stereocenters. The molecule has 0 radical (unpaired) electrons. The largest absolute Gasteiger partial charge is 0.469 e. The molecule has 1 aliphatic rings. The Morgan fingerprint density at radius 1 is 1.29 bits per heavy atom. The fraction of sp³-hybridized carbons (Fsp3) is 0.667. The molecule has 0 aromatic carbocycles. The number of nitrogens with zero attached hydrogens (tertiary/aromatic N) is 1. The molecular formula is C15H21NO4S. The van der Waals surface area contributed by atoms with Gasteiger partial charge in [0, 0.05) is 11.6 Å². The summed E-state index contributed by atoms with van der Waals surface area (Å²) < 4.78 is 9.99. The van der Waals surface area contributed by atoms with Crippen LogP contribution in [0.1, 0.15) is 43.5 Å². The van der Waals surface area contributed by atoms with Crippen LogP contribution in [0.5, 0.6) is 0 Å². The topological polar surface area (TPSA) is 65.5 Å². The maximum Gasteiger partial charge on any atom is 0.310 e. The van der Waals surface area contributed by atoms with E-state index in [1.165, 1.54) is 7.11 Å². The van der Waals surface area contributed by atoms with E-state index in [9.17, 15) is 9.59 Å². The highest BCUT2D eigenvalue weighted by molar-refractivity contribution is 7.11. The van der Waals surface area contributed by atoms with Crippen LogP contribution in [0.25, 0.3) is 0 Å². The minimum absolute atomic E-state index is 0.00310. The summed E-state index contributed by atoms with van der Waals surface area (Å²) in [4.78, 5) is 28.7. The molecule has 0 N–H and O–H groups in total. The van der Waals surface area contributed by atoms with Crippen LogP contribution in [-0.4, -0.2) is 24.0 Å². The molecule has 1 aromatic rings. The van der Waals surface area contributed by atoms with Crippen molar-refractivity contribution in [1.82, 2.24) is 4.98 Å². The Kier molecular flexibility index (Phi) is 4.66. The van der Waals surface area contributed by atoms with E-state index in [2.05, 4.69) is 30.5 Å². The first-order valence-corrected chi connectivity index (χ1v) is 7.84. The Hall–Kier alpha value is -1.43. The van der Waals surface area contributed by atoms with Gasteiger partial charge in [0.15, 0.2) is 0 Å². The van der Waals surface area contributed by atoms with Crippen molar-refractivity contribution in [2.45, 2.75) is 45.6 Å². The van der Waals surface area contributed by atoms with E-state index < -0.39 is 0 Å². The first kappa shape index (κ1) is 15.9. The molecule has 5 nitrogen and oxygen atoms in total. The summed E-state index contributed by atoms with van der Waals surface area (Å²) in [5.41, 5.74) is -0.00310. The molecule has 1 saturated carbocycles. The van der Waals surface area contributed by atoms with Gasteiger partial charge in [-0.1, -0.05) is 20.8 Å². The van der Waals surface area contributed by atoms with Crippen LogP contribution in [0.3, 0.4) is 0 Å². The average molecular weight is 311 g/mol. The molecule has 1 heterocycles. The highest BCUT2D eigenvalue weighted by Crippen LogP contribution is 2.36. The zero-order valence-corrected chi connectivity index (χ0v) is 13.7. The summed E-state index contributed by atoms with van der Waals surface area (Å²) in [6, 6.07) is 0. The van der Waals surface area contributed by atoms with Crippen molar-refractivity contribution < 1.29 is 19.1 Å². The van der Waals surface area contributed by atoms with Crippen molar-refractivity contribution in [1.29, 1.82) is 0 Å².